The number of aryl methyl sites for hydroxylation is 1. The smallest absolute Gasteiger partial charge is 0.232 e. The van der Waals surface area contributed by atoms with E-state index in [9.17, 15) is 8.42 Å². The summed E-state index contributed by atoms with van der Waals surface area (Å²) in [6.45, 7) is 1.93. The second-order valence-electron chi connectivity index (χ2n) is 5.51. The molecule has 1 aliphatic rings. The molecule has 1 N–H and O–H groups in total. The molecule has 2 aromatic rings. The number of rotatable bonds is 6. The van der Waals surface area contributed by atoms with E-state index in [1.165, 1.54) is 6.20 Å². The minimum atomic E-state index is -3.34. The van der Waals surface area contributed by atoms with Crippen LogP contribution in [0.4, 0.5) is 5.69 Å². The Hall–Kier alpha value is -1.89. The molecule has 2 aromatic heterocycles. The molecule has 0 spiro atoms. The van der Waals surface area contributed by atoms with Crippen molar-refractivity contribution in [3.05, 3.63) is 36.4 Å². The second kappa shape index (κ2) is 5.48. The van der Waals surface area contributed by atoms with Crippen molar-refractivity contribution in [2.24, 2.45) is 5.92 Å². The van der Waals surface area contributed by atoms with Crippen LogP contribution in [0, 0.1) is 12.8 Å². The summed E-state index contributed by atoms with van der Waals surface area (Å²) in [5, 5.41) is 4.21. The summed E-state index contributed by atoms with van der Waals surface area (Å²) in [6, 6.07) is 1.74. The van der Waals surface area contributed by atoms with Gasteiger partial charge in [0.15, 0.2) is 0 Å². The van der Waals surface area contributed by atoms with E-state index in [0.29, 0.717) is 17.3 Å². The van der Waals surface area contributed by atoms with Gasteiger partial charge in [0.05, 0.1) is 29.5 Å². The molecule has 0 unspecified atom stereocenters. The molecule has 0 amide bonds. The van der Waals surface area contributed by atoms with Gasteiger partial charge in [-0.3, -0.25) is 9.71 Å². The predicted octanol–water partition coefficient (Wildman–Crippen LogP) is 2.12. The molecule has 1 aliphatic carbocycles. The molecular formula is C14H18N4O2S. The largest absolute Gasteiger partial charge is 0.280 e. The summed E-state index contributed by atoms with van der Waals surface area (Å²) >= 11 is 0. The molecule has 0 atom stereocenters. The Kier molecular flexibility index (Phi) is 3.67. The number of nitrogens with one attached hydrogen (secondary N) is 1. The predicted molar refractivity (Wildman–Crippen MR) is 80.8 cm³/mol. The fourth-order valence-electron chi connectivity index (χ4n) is 2.16. The number of hydrogen-bond donors (Lipinski definition) is 1. The molecule has 0 bridgehead atoms. The highest BCUT2D eigenvalue weighted by molar-refractivity contribution is 7.92. The lowest BCUT2D eigenvalue weighted by atomic mass is 10.3. The van der Waals surface area contributed by atoms with Crippen LogP contribution in [0.25, 0.3) is 5.69 Å². The quantitative estimate of drug-likeness (QED) is 0.887. The van der Waals surface area contributed by atoms with E-state index < -0.39 is 10.0 Å². The van der Waals surface area contributed by atoms with E-state index in [0.717, 1.165) is 24.8 Å². The van der Waals surface area contributed by atoms with Crippen molar-refractivity contribution in [1.29, 1.82) is 0 Å². The second-order valence-corrected chi connectivity index (χ2v) is 7.35. The van der Waals surface area contributed by atoms with E-state index in [4.69, 9.17) is 0 Å². The van der Waals surface area contributed by atoms with E-state index >= 15 is 0 Å². The van der Waals surface area contributed by atoms with Gasteiger partial charge >= 0.3 is 0 Å². The Labute approximate surface area is 124 Å². The van der Waals surface area contributed by atoms with Gasteiger partial charge in [0, 0.05) is 12.4 Å². The molecule has 112 valence electrons. The number of anilines is 1. The number of hydrogen-bond acceptors (Lipinski definition) is 4. The van der Waals surface area contributed by atoms with Crippen LogP contribution >= 0.6 is 0 Å². The first-order valence-electron chi connectivity index (χ1n) is 7.00. The van der Waals surface area contributed by atoms with Crippen molar-refractivity contribution in [2.45, 2.75) is 26.2 Å². The zero-order chi connectivity index (χ0) is 14.9. The van der Waals surface area contributed by atoms with Crippen molar-refractivity contribution in [3.63, 3.8) is 0 Å². The molecule has 1 fully saturated rings. The van der Waals surface area contributed by atoms with Crippen LogP contribution in [-0.4, -0.2) is 28.9 Å². The van der Waals surface area contributed by atoms with Crippen LogP contribution in [0.3, 0.4) is 0 Å². The molecule has 2 heterocycles. The molecule has 6 nitrogen and oxygen atoms in total. The van der Waals surface area contributed by atoms with Gasteiger partial charge in [-0.15, -0.1) is 0 Å². The molecule has 7 heteroatoms. The van der Waals surface area contributed by atoms with Gasteiger partial charge in [-0.05, 0) is 30.9 Å². The third-order valence-electron chi connectivity index (χ3n) is 3.51. The lowest BCUT2D eigenvalue weighted by molar-refractivity contribution is 0.595. The Morgan fingerprint density at radius 3 is 2.86 bits per heavy atom. The maximum Gasteiger partial charge on any atom is 0.232 e. The van der Waals surface area contributed by atoms with Gasteiger partial charge in [-0.25, -0.2) is 13.1 Å². The van der Waals surface area contributed by atoms with Crippen molar-refractivity contribution in [2.75, 3.05) is 10.5 Å². The first-order chi connectivity index (χ1) is 10.0. The number of pyridine rings is 1. The van der Waals surface area contributed by atoms with Gasteiger partial charge in [0.2, 0.25) is 10.0 Å². The number of sulfonamides is 1. The highest BCUT2D eigenvalue weighted by atomic mass is 32.2. The summed E-state index contributed by atoms with van der Waals surface area (Å²) in [6.07, 6.45) is 9.74. The van der Waals surface area contributed by atoms with Gasteiger partial charge in [0.1, 0.15) is 0 Å². The Morgan fingerprint density at radius 2 is 2.19 bits per heavy atom. The third-order valence-corrected chi connectivity index (χ3v) is 4.82. The molecule has 0 saturated heterocycles. The SMILES string of the molecule is Cc1cnn(-c2ccncc2NS(=O)(=O)CCC2CC2)c1. The van der Waals surface area contributed by atoms with Crippen molar-refractivity contribution in [1.82, 2.24) is 14.8 Å². The minimum Gasteiger partial charge on any atom is -0.280 e. The highest BCUT2D eigenvalue weighted by Crippen LogP contribution is 2.32. The Bertz CT molecular complexity index is 735. The first-order valence-corrected chi connectivity index (χ1v) is 8.65. The van der Waals surface area contributed by atoms with Crippen LogP contribution in [0.15, 0.2) is 30.9 Å². The van der Waals surface area contributed by atoms with Crippen LogP contribution in [0.5, 0.6) is 0 Å². The maximum atomic E-state index is 12.2. The molecule has 3 rings (SSSR count). The lowest BCUT2D eigenvalue weighted by Gasteiger charge is -2.11. The number of nitrogens with zero attached hydrogens (tertiary/aromatic N) is 3. The van der Waals surface area contributed by atoms with E-state index in [2.05, 4.69) is 14.8 Å². The summed E-state index contributed by atoms with van der Waals surface area (Å²) in [5.74, 6) is 0.744. The molecular weight excluding hydrogens is 288 g/mol. The van der Waals surface area contributed by atoms with Crippen LogP contribution in [-0.2, 0) is 10.0 Å². The zero-order valence-electron chi connectivity index (χ0n) is 11.9. The van der Waals surface area contributed by atoms with Gasteiger partial charge in [0.25, 0.3) is 0 Å². The van der Waals surface area contributed by atoms with Gasteiger partial charge in [-0.2, -0.15) is 5.10 Å². The third kappa shape index (κ3) is 3.60. The average molecular weight is 306 g/mol. The summed E-state index contributed by atoms with van der Waals surface area (Å²) in [5.41, 5.74) is 2.14. The molecule has 21 heavy (non-hydrogen) atoms. The minimum absolute atomic E-state index is 0.157. The zero-order valence-corrected chi connectivity index (χ0v) is 12.7. The number of aromatic nitrogens is 3. The normalized spacial score (nSPS) is 15.1. The standard InChI is InChI=1S/C14H18N4O2S/c1-11-8-16-18(10-11)14-4-6-15-9-13(14)17-21(19,20)7-5-12-2-3-12/h4,6,8-10,12,17H,2-3,5,7H2,1H3. The van der Waals surface area contributed by atoms with E-state index in [1.54, 1.807) is 23.1 Å². The molecule has 0 radical (unpaired) electrons. The Balaban J connectivity index is 1.81. The van der Waals surface area contributed by atoms with Gasteiger partial charge < -0.3 is 0 Å². The average Bonchev–Trinajstić information content (AvgIpc) is 3.18. The lowest BCUT2D eigenvalue weighted by Crippen LogP contribution is -2.18. The first kappa shape index (κ1) is 14.1. The van der Waals surface area contributed by atoms with E-state index in [1.807, 2.05) is 13.1 Å². The van der Waals surface area contributed by atoms with Gasteiger partial charge in [-0.1, -0.05) is 12.8 Å². The molecule has 1 saturated carbocycles. The fraction of sp³-hybridized carbons (Fsp3) is 0.429. The fourth-order valence-corrected chi connectivity index (χ4v) is 3.40. The monoisotopic (exact) mass is 306 g/mol. The maximum absolute atomic E-state index is 12.2. The summed E-state index contributed by atoms with van der Waals surface area (Å²) in [4.78, 5) is 4.00. The van der Waals surface area contributed by atoms with Crippen LogP contribution < -0.4 is 4.72 Å². The molecule has 0 aromatic carbocycles. The highest BCUT2D eigenvalue weighted by Gasteiger charge is 2.24. The topological polar surface area (TPSA) is 76.9 Å². The molecule has 0 aliphatic heterocycles. The summed E-state index contributed by atoms with van der Waals surface area (Å²) in [7, 11) is -3.34. The van der Waals surface area contributed by atoms with Crippen molar-refractivity contribution < 1.29 is 8.42 Å². The van der Waals surface area contributed by atoms with Crippen molar-refractivity contribution in [3.8, 4) is 5.69 Å². The van der Waals surface area contributed by atoms with Crippen molar-refractivity contribution >= 4 is 15.7 Å². The van der Waals surface area contributed by atoms with E-state index in [-0.39, 0.29) is 5.75 Å². The summed E-state index contributed by atoms with van der Waals surface area (Å²) < 4.78 is 28.6. The van der Waals surface area contributed by atoms with Crippen LogP contribution in [0.1, 0.15) is 24.8 Å². The Morgan fingerprint density at radius 1 is 1.38 bits per heavy atom. The van der Waals surface area contributed by atoms with Crippen LogP contribution in [0.2, 0.25) is 0 Å².